The topological polar surface area (TPSA) is 29.3 Å². The van der Waals surface area contributed by atoms with E-state index >= 15 is 0 Å². The van der Waals surface area contributed by atoms with E-state index < -0.39 is 11.7 Å². The molecule has 0 aliphatic carbocycles. The molecule has 2 unspecified atom stereocenters. The van der Waals surface area contributed by atoms with Gasteiger partial charge in [0, 0.05) is 23.8 Å². The van der Waals surface area contributed by atoms with Crippen molar-refractivity contribution in [3.63, 3.8) is 0 Å². The predicted molar refractivity (Wildman–Crippen MR) is 70.2 cm³/mol. The first kappa shape index (κ1) is 14.2. The lowest BCUT2D eigenvalue weighted by Crippen LogP contribution is -2.47. The molecular formula is C14H19F3N2. The van der Waals surface area contributed by atoms with Crippen molar-refractivity contribution in [3.05, 3.63) is 29.3 Å². The summed E-state index contributed by atoms with van der Waals surface area (Å²) in [5.41, 5.74) is 6.99. The number of hydrogen-bond donors (Lipinski definition) is 1. The molecule has 5 heteroatoms. The van der Waals surface area contributed by atoms with Crippen LogP contribution in [-0.4, -0.2) is 18.1 Å². The van der Waals surface area contributed by atoms with Crippen molar-refractivity contribution in [2.45, 2.75) is 51.5 Å². The van der Waals surface area contributed by atoms with E-state index in [1.165, 1.54) is 6.07 Å². The van der Waals surface area contributed by atoms with Crippen LogP contribution in [-0.2, 0) is 12.6 Å². The molecule has 0 saturated heterocycles. The first-order valence-electron chi connectivity index (χ1n) is 6.46. The largest absolute Gasteiger partial charge is 0.416 e. The van der Waals surface area contributed by atoms with Gasteiger partial charge < -0.3 is 10.6 Å². The number of halogens is 3. The summed E-state index contributed by atoms with van der Waals surface area (Å²) >= 11 is 0. The van der Waals surface area contributed by atoms with Crippen molar-refractivity contribution in [1.82, 2.24) is 0 Å². The molecule has 0 saturated carbocycles. The number of rotatable bonds is 2. The van der Waals surface area contributed by atoms with Crippen LogP contribution in [0.5, 0.6) is 0 Å². The van der Waals surface area contributed by atoms with Gasteiger partial charge in [0.15, 0.2) is 0 Å². The number of nitrogens with two attached hydrogens (primary N) is 1. The van der Waals surface area contributed by atoms with E-state index in [1.807, 2.05) is 25.7 Å². The number of hydrogen-bond acceptors (Lipinski definition) is 2. The molecule has 0 fully saturated rings. The van der Waals surface area contributed by atoms with Gasteiger partial charge in [0.2, 0.25) is 0 Å². The van der Waals surface area contributed by atoms with Crippen LogP contribution >= 0.6 is 0 Å². The van der Waals surface area contributed by atoms with E-state index in [-0.39, 0.29) is 18.1 Å². The highest BCUT2D eigenvalue weighted by Gasteiger charge is 2.37. The number of benzene rings is 1. The highest BCUT2D eigenvalue weighted by molar-refractivity contribution is 5.62. The van der Waals surface area contributed by atoms with Gasteiger partial charge in [-0.3, -0.25) is 0 Å². The third-order valence-corrected chi connectivity index (χ3v) is 3.64. The van der Waals surface area contributed by atoms with Crippen LogP contribution in [0.4, 0.5) is 18.9 Å². The Morgan fingerprint density at radius 2 is 1.89 bits per heavy atom. The highest BCUT2D eigenvalue weighted by atomic mass is 19.4. The zero-order valence-electron chi connectivity index (χ0n) is 11.3. The van der Waals surface area contributed by atoms with E-state index in [2.05, 4.69) is 0 Å². The lowest BCUT2D eigenvalue weighted by Gasteiger charge is -2.34. The Morgan fingerprint density at radius 3 is 2.37 bits per heavy atom. The van der Waals surface area contributed by atoms with Crippen LogP contribution < -0.4 is 10.6 Å². The van der Waals surface area contributed by atoms with Gasteiger partial charge in [-0.1, -0.05) is 6.07 Å². The average molecular weight is 272 g/mol. The summed E-state index contributed by atoms with van der Waals surface area (Å²) in [7, 11) is 0. The van der Waals surface area contributed by atoms with E-state index in [9.17, 15) is 13.2 Å². The van der Waals surface area contributed by atoms with Gasteiger partial charge in [0.25, 0.3) is 0 Å². The Balaban J connectivity index is 2.46. The summed E-state index contributed by atoms with van der Waals surface area (Å²) in [6.07, 6.45) is -3.59. The molecule has 0 bridgehead atoms. The molecule has 2 rings (SSSR count). The Morgan fingerprint density at radius 1 is 1.26 bits per heavy atom. The third kappa shape index (κ3) is 2.56. The van der Waals surface area contributed by atoms with Crippen molar-refractivity contribution >= 4 is 5.69 Å². The molecule has 1 aliphatic rings. The summed E-state index contributed by atoms with van der Waals surface area (Å²) < 4.78 is 38.4. The third-order valence-electron chi connectivity index (χ3n) is 3.64. The highest BCUT2D eigenvalue weighted by Crippen LogP contribution is 2.39. The monoisotopic (exact) mass is 272 g/mol. The van der Waals surface area contributed by atoms with Crippen molar-refractivity contribution < 1.29 is 13.2 Å². The van der Waals surface area contributed by atoms with E-state index in [1.54, 1.807) is 6.07 Å². The SMILES string of the molecule is CC(N)C1Cc2ccc(C(F)(F)F)cc2N1C(C)C. The molecular weight excluding hydrogens is 253 g/mol. The minimum absolute atomic E-state index is 0.0680. The second kappa shape index (κ2) is 4.71. The quantitative estimate of drug-likeness (QED) is 0.896. The summed E-state index contributed by atoms with van der Waals surface area (Å²) in [5, 5.41) is 0. The van der Waals surface area contributed by atoms with Crippen molar-refractivity contribution in [3.8, 4) is 0 Å². The number of fused-ring (bicyclic) bond motifs is 1. The van der Waals surface area contributed by atoms with Crippen LogP contribution in [0.15, 0.2) is 18.2 Å². The smallest absolute Gasteiger partial charge is 0.364 e. The summed E-state index contributed by atoms with van der Waals surface area (Å²) in [4.78, 5) is 2.01. The normalized spacial score (nSPS) is 20.8. The summed E-state index contributed by atoms with van der Waals surface area (Å²) in [5.74, 6) is 0. The van der Waals surface area contributed by atoms with Crippen molar-refractivity contribution in [2.75, 3.05) is 4.90 Å². The predicted octanol–water partition coefficient (Wildman–Crippen LogP) is 3.19. The Kier molecular flexibility index (Phi) is 3.51. The molecule has 0 spiro atoms. The van der Waals surface area contributed by atoms with Gasteiger partial charge in [-0.2, -0.15) is 13.2 Å². The van der Waals surface area contributed by atoms with E-state index in [0.717, 1.165) is 11.6 Å². The maximum absolute atomic E-state index is 12.8. The lowest BCUT2D eigenvalue weighted by molar-refractivity contribution is -0.137. The minimum atomic E-state index is -4.30. The first-order chi connectivity index (χ1) is 8.71. The molecule has 0 radical (unpaired) electrons. The molecule has 0 amide bonds. The number of anilines is 1. The first-order valence-corrected chi connectivity index (χ1v) is 6.46. The zero-order chi connectivity index (χ0) is 14.4. The zero-order valence-corrected chi connectivity index (χ0v) is 11.3. The molecule has 1 aliphatic heterocycles. The Hall–Kier alpha value is -1.23. The minimum Gasteiger partial charge on any atom is -0.364 e. The standard InChI is InChI=1S/C14H19F3N2/c1-8(2)19-12(9(3)18)6-10-4-5-11(7-13(10)19)14(15,16)17/h4-5,7-9,12H,6,18H2,1-3H3. The number of nitrogens with zero attached hydrogens (tertiary/aromatic N) is 1. The van der Waals surface area contributed by atoms with Crippen LogP contribution in [0, 0.1) is 0 Å². The van der Waals surface area contributed by atoms with Gasteiger partial charge in [-0.15, -0.1) is 0 Å². The average Bonchev–Trinajstić information content (AvgIpc) is 2.65. The maximum atomic E-state index is 12.8. The molecule has 2 N–H and O–H groups in total. The fourth-order valence-electron chi connectivity index (χ4n) is 2.76. The Bertz CT molecular complexity index is 466. The van der Waals surface area contributed by atoms with Gasteiger partial charge in [0.05, 0.1) is 5.56 Å². The molecule has 0 aromatic heterocycles. The van der Waals surface area contributed by atoms with Gasteiger partial charge >= 0.3 is 6.18 Å². The maximum Gasteiger partial charge on any atom is 0.416 e. The van der Waals surface area contributed by atoms with Crippen LogP contribution in [0.1, 0.15) is 31.9 Å². The van der Waals surface area contributed by atoms with Crippen LogP contribution in [0.25, 0.3) is 0 Å². The summed E-state index contributed by atoms with van der Waals surface area (Å²) in [6.45, 7) is 5.85. The fourth-order valence-corrected chi connectivity index (χ4v) is 2.76. The van der Waals surface area contributed by atoms with E-state index in [4.69, 9.17) is 5.73 Å². The molecule has 1 aromatic rings. The van der Waals surface area contributed by atoms with Crippen LogP contribution in [0.3, 0.4) is 0 Å². The van der Waals surface area contributed by atoms with Crippen molar-refractivity contribution in [2.24, 2.45) is 5.73 Å². The van der Waals surface area contributed by atoms with Gasteiger partial charge in [-0.05, 0) is 44.9 Å². The molecule has 2 nitrogen and oxygen atoms in total. The van der Waals surface area contributed by atoms with Crippen molar-refractivity contribution in [1.29, 1.82) is 0 Å². The second-order valence-corrected chi connectivity index (χ2v) is 5.47. The molecule has 19 heavy (non-hydrogen) atoms. The molecule has 2 atom stereocenters. The van der Waals surface area contributed by atoms with E-state index in [0.29, 0.717) is 12.1 Å². The molecule has 1 aromatic carbocycles. The van der Waals surface area contributed by atoms with Gasteiger partial charge in [-0.25, -0.2) is 0 Å². The Labute approximate surface area is 111 Å². The fraction of sp³-hybridized carbons (Fsp3) is 0.571. The number of alkyl halides is 3. The van der Waals surface area contributed by atoms with Gasteiger partial charge in [0.1, 0.15) is 0 Å². The lowest BCUT2D eigenvalue weighted by atomic mass is 10.0. The molecule has 1 heterocycles. The molecule has 106 valence electrons. The van der Waals surface area contributed by atoms with Crippen LogP contribution in [0.2, 0.25) is 0 Å². The summed E-state index contributed by atoms with van der Waals surface area (Å²) in [6, 6.07) is 4.09. The second-order valence-electron chi connectivity index (χ2n) is 5.47.